The van der Waals surface area contributed by atoms with Crippen molar-refractivity contribution >= 4 is 7.82 Å². The number of hydrogen-bond donors (Lipinski definition) is 0. The van der Waals surface area contributed by atoms with Crippen LogP contribution in [0.4, 0.5) is 26.3 Å². The van der Waals surface area contributed by atoms with Gasteiger partial charge in [-0.05, 0) is 0 Å². The Labute approximate surface area is 73.4 Å². The molecule has 0 heterocycles. The normalized spacial score (nSPS) is 13.2. The van der Waals surface area contributed by atoms with Crippen molar-refractivity contribution in [1.82, 2.24) is 0 Å². The van der Waals surface area contributed by atoms with Gasteiger partial charge in [-0.2, -0.15) is 26.3 Å². The largest absolute Gasteiger partial charge is 0.488 e. The summed E-state index contributed by atoms with van der Waals surface area (Å²) in [6, 6.07) is 0. The highest BCUT2D eigenvalue weighted by molar-refractivity contribution is 7.48. The molecule has 11 heteroatoms. The van der Waals surface area contributed by atoms with E-state index in [4.69, 9.17) is 0 Å². The third-order valence-electron chi connectivity index (χ3n) is 0.626. The van der Waals surface area contributed by atoms with Gasteiger partial charge in [0.1, 0.15) is 0 Å². The Balaban J connectivity index is 4.41. The van der Waals surface area contributed by atoms with Crippen molar-refractivity contribution in [3.05, 3.63) is 0 Å². The van der Waals surface area contributed by atoms with Crippen LogP contribution in [-0.4, -0.2) is 19.8 Å². The number of phosphoric ester groups is 1. The summed E-state index contributed by atoms with van der Waals surface area (Å²) in [5.74, 6) is 0. The Kier molecular flexibility index (Phi) is 5.42. The van der Waals surface area contributed by atoms with Crippen LogP contribution in [-0.2, 0) is 18.1 Å². The van der Waals surface area contributed by atoms with Crippen molar-refractivity contribution in [1.29, 1.82) is 0 Å². The molecule has 0 aliphatic heterocycles. The molecule has 0 amide bonds. The highest BCUT2D eigenvalue weighted by Crippen LogP contribution is 2.53. The van der Waals surface area contributed by atoms with Gasteiger partial charge in [-0.15, -0.1) is 0 Å². The van der Waals surface area contributed by atoms with Crippen LogP contribution in [0, 0.1) is 0 Å². The Morgan fingerprint density at radius 1 is 0.714 bits per heavy atom. The lowest BCUT2D eigenvalue weighted by atomic mass is 11.5. The van der Waals surface area contributed by atoms with Crippen molar-refractivity contribution < 1.29 is 44.5 Å². The van der Waals surface area contributed by atoms with Gasteiger partial charge in [0.25, 0.3) is 0 Å². The maximum absolute atomic E-state index is 11.4. The molecular weight excluding hydrogens is 245 g/mol. The van der Waals surface area contributed by atoms with E-state index >= 15 is 0 Å². The van der Waals surface area contributed by atoms with Crippen molar-refractivity contribution in [3.63, 3.8) is 0 Å². The summed E-state index contributed by atoms with van der Waals surface area (Å²) in [6.45, 7) is -11.5. The molecule has 0 saturated carbocycles. The first-order valence-corrected chi connectivity index (χ1v) is 4.21. The van der Waals surface area contributed by atoms with Crippen LogP contribution >= 0.6 is 7.82 Å². The molecule has 0 aromatic rings. The first-order valence-electron chi connectivity index (χ1n) is 2.75. The molecule has 4 nitrogen and oxygen atoms in total. The highest BCUT2D eigenvalue weighted by atomic mass is 31.2. The quantitative estimate of drug-likeness (QED) is 0.535. The van der Waals surface area contributed by atoms with Gasteiger partial charge < -0.3 is 0 Å². The molecule has 0 unspecified atom stereocenters. The van der Waals surface area contributed by atoms with Gasteiger partial charge in [0.05, 0.1) is 0 Å². The van der Waals surface area contributed by atoms with Crippen LogP contribution in [0.25, 0.3) is 0 Å². The van der Waals surface area contributed by atoms with E-state index in [1.807, 2.05) is 0 Å². The van der Waals surface area contributed by atoms with E-state index in [0.717, 1.165) is 0 Å². The summed E-state index contributed by atoms with van der Waals surface area (Å²) in [5, 5.41) is 0. The molecule has 0 aromatic heterocycles. The summed E-state index contributed by atoms with van der Waals surface area (Å²) in [6.07, 6.45) is 0. The summed E-state index contributed by atoms with van der Waals surface area (Å²) in [7, 11) is -5.64. The van der Waals surface area contributed by atoms with Gasteiger partial charge in [-0.1, -0.05) is 0 Å². The lowest BCUT2D eigenvalue weighted by Gasteiger charge is -2.15. The second kappa shape index (κ2) is 5.54. The molecule has 0 aliphatic rings. The predicted octanol–water partition coefficient (Wildman–Crippen LogP) is 2.81. The van der Waals surface area contributed by atoms with Crippen LogP contribution in [0.15, 0.2) is 0 Å². The molecule has 86 valence electrons. The first-order chi connectivity index (χ1) is 6.25. The molecule has 14 heavy (non-hydrogen) atoms. The fourth-order valence-corrected chi connectivity index (χ4v) is 1.10. The molecule has 0 atom stereocenters. The lowest BCUT2D eigenvalue weighted by molar-refractivity contribution is -0.148. The number of phosphoric acid groups is 1. The van der Waals surface area contributed by atoms with E-state index in [-0.39, 0.29) is 0 Å². The third-order valence-corrected chi connectivity index (χ3v) is 1.88. The smallest absolute Gasteiger partial charge is 0.227 e. The SMILES string of the molecule is O=P(OC(F)F)(OC(F)F)OC(F)F. The zero-order valence-corrected chi connectivity index (χ0v) is 6.97. The third kappa shape index (κ3) is 6.19. The van der Waals surface area contributed by atoms with Gasteiger partial charge in [0.2, 0.25) is 0 Å². The summed E-state index contributed by atoms with van der Waals surface area (Å²) < 4.78 is 87.5. The van der Waals surface area contributed by atoms with Crippen LogP contribution in [0.1, 0.15) is 0 Å². The zero-order valence-electron chi connectivity index (χ0n) is 6.08. The van der Waals surface area contributed by atoms with E-state index in [1.54, 1.807) is 0 Å². The standard InChI is InChI=1S/C3H3F6O4P/c4-1(5)11-14(10,12-2(6)7)13-3(8)9/h1-3H. The van der Waals surface area contributed by atoms with Crippen LogP contribution in [0.3, 0.4) is 0 Å². The minimum Gasteiger partial charge on any atom is -0.227 e. The second-order valence-electron chi connectivity index (χ2n) is 1.55. The van der Waals surface area contributed by atoms with Gasteiger partial charge in [-0.3, -0.25) is 0 Å². The highest BCUT2D eigenvalue weighted by Gasteiger charge is 2.38. The average Bonchev–Trinajstić information content (AvgIpc) is 1.76. The Morgan fingerprint density at radius 2 is 0.929 bits per heavy atom. The van der Waals surface area contributed by atoms with Gasteiger partial charge >= 0.3 is 27.7 Å². The number of rotatable bonds is 6. The van der Waals surface area contributed by atoms with Crippen LogP contribution < -0.4 is 0 Å². The molecule has 0 fully saturated rings. The molecule has 0 N–H and O–H groups in total. The molecule has 0 aromatic carbocycles. The van der Waals surface area contributed by atoms with E-state index in [2.05, 4.69) is 13.6 Å². The summed E-state index contributed by atoms with van der Waals surface area (Å²) >= 11 is 0. The Bertz CT molecular complexity index is 176. The minimum absolute atomic E-state index is 2.88. The average molecular weight is 248 g/mol. The lowest BCUT2D eigenvalue weighted by Crippen LogP contribution is -2.09. The Hall–Kier alpha value is -0.310. The van der Waals surface area contributed by atoms with Crippen LogP contribution in [0.5, 0.6) is 0 Å². The number of halogens is 6. The zero-order chi connectivity index (χ0) is 11.4. The fourth-order valence-electron chi connectivity index (χ4n) is 0.367. The van der Waals surface area contributed by atoms with Crippen molar-refractivity contribution in [2.75, 3.05) is 0 Å². The minimum atomic E-state index is -5.64. The van der Waals surface area contributed by atoms with Crippen molar-refractivity contribution in [2.24, 2.45) is 0 Å². The maximum atomic E-state index is 11.4. The molecule has 0 radical (unpaired) electrons. The molecule has 0 aliphatic carbocycles. The fraction of sp³-hybridized carbons (Fsp3) is 1.00. The predicted molar refractivity (Wildman–Crippen MR) is 28.9 cm³/mol. The van der Waals surface area contributed by atoms with E-state index in [0.29, 0.717) is 0 Å². The maximum Gasteiger partial charge on any atom is 0.488 e. The van der Waals surface area contributed by atoms with Gasteiger partial charge in [-0.25, -0.2) is 18.1 Å². The Morgan fingerprint density at radius 3 is 1.07 bits per heavy atom. The summed E-state index contributed by atoms with van der Waals surface area (Å²) in [4.78, 5) is 0. The second-order valence-corrected chi connectivity index (χ2v) is 3.07. The molecular formula is C3H3F6O4P. The topological polar surface area (TPSA) is 44.8 Å². The van der Waals surface area contributed by atoms with Gasteiger partial charge in [0, 0.05) is 0 Å². The monoisotopic (exact) mass is 248 g/mol. The van der Waals surface area contributed by atoms with E-state index in [9.17, 15) is 30.9 Å². The molecule has 0 rings (SSSR count). The molecule has 0 bridgehead atoms. The number of alkyl halides is 6. The van der Waals surface area contributed by atoms with E-state index < -0.39 is 27.7 Å². The first kappa shape index (κ1) is 13.7. The van der Waals surface area contributed by atoms with Crippen LogP contribution in [0.2, 0.25) is 0 Å². The van der Waals surface area contributed by atoms with Gasteiger partial charge in [0.15, 0.2) is 0 Å². The van der Waals surface area contributed by atoms with E-state index in [1.165, 1.54) is 0 Å². The molecule has 0 spiro atoms. The summed E-state index contributed by atoms with van der Waals surface area (Å²) in [5.41, 5.74) is 0. The molecule has 0 saturated heterocycles. The van der Waals surface area contributed by atoms with Crippen molar-refractivity contribution in [3.8, 4) is 0 Å². The van der Waals surface area contributed by atoms with Crippen molar-refractivity contribution in [2.45, 2.75) is 19.8 Å². The number of hydrogen-bond acceptors (Lipinski definition) is 4.